The van der Waals surface area contributed by atoms with Crippen LogP contribution in [0.2, 0.25) is 10.0 Å². The molecule has 0 bridgehead atoms. The third kappa shape index (κ3) is 3.86. The van der Waals surface area contributed by atoms with Crippen LogP contribution in [0.1, 0.15) is 48.7 Å². The first-order valence-corrected chi connectivity index (χ1v) is 11.2. The molecule has 0 N–H and O–H groups in total. The van der Waals surface area contributed by atoms with Gasteiger partial charge in [0.2, 0.25) is 6.23 Å². The summed E-state index contributed by atoms with van der Waals surface area (Å²) in [6, 6.07) is 21.9. The number of benzene rings is 3. The highest BCUT2D eigenvalue weighted by molar-refractivity contribution is 6.35. The molecule has 0 spiro atoms. The van der Waals surface area contributed by atoms with Crippen LogP contribution in [0.5, 0.6) is 11.5 Å². The van der Waals surface area contributed by atoms with Gasteiger partial charge in [-0.1, -0.05) is 60.5 Å². The summed E-state index contributed by atoms with van der Waals surface area (Å²) >= 11 is 12.9. The number of rotatable bonds is 5. The van der Waals surface area contributed by atoms with Crippen LogP contribution in [0.15, 0.2) is 71.8 Å². The quantitative estimate of drug-likeness (QED) is 0.416. The topological polar surface area (TPSA) is 34.1 Å². The lowest BCUT2D eigenvalue weighted by atomic mass is 9.96. The lowest BCUT2D eigenvalue weighted by molar-refractivity contribution is -0.0189. The zero-order valence-electron chi connectivity index (χ0n) is 17.1. The van der Waals surface area contributed by atoms with E-state index in [1.165, 1.54) is 0 Å². The minimum absolute atomic E-state index is 0.00354. The Morgan fingerprint density at radius 1 is 1.06 bits per heavy atom. The largest absolute Gasteiger partial charge is 0.494 e. The van der Waals surface area contributed by atoms with Gasteiger partial charge in [0.05, 0.1) is 23.4 Å². The van der Waals surface area contributed by atoms with Gasteiger partial charge in [0, 0.05) is 22.6 Å². The number of hydrogen-bond acceptors (Lipinski definition) is 4. The van der Waals surface area contributed by atoms with Crippen LogP contribution in [0.25, 0.3) is 0 Å². The number of hydrogen-bond donors (Lipinski definition) is 0. The van der Waals surface area contributed by atoms with E-state index in [0.29, 0.717) is 22.4 Å². The van der Waals surface area contributed by atoms with Gasteiger partial charge in [0.25, 0.3) is 0 Å². The molecule has 0 saturated heterocycles. The maximum atomic E-state index is 6.54. The first kappa shape index (κ1) is 20.2. The fraction of sp³-hybridized carbons (Fsp3) is 0.240. The van der Waals surface area contributed by atoms with Crippen LogP contribution < -0.4 is 9.47 Å². The normalized spacial score (nSPS) is 19.3. The van der Waals surface area contributed by atoms with Gasteiger partial charge in [0.15, 0.2) is 0 Å². The lowest BCUT2D eigenvalue weighted by Crippen LogP contribution is -2.33. The summed E-state index contributed by atoms with van der Waals surface area (Å²) in [5.41, 5.74) is 4.08. The molecule has 0 aliphatic carbocycles. The molecule has 0 fully saturated rings. The number of fused-ring (bicyclic) bond motifs is 3. The van der Waals surface area contributed by atoms with Crippen molar-refractivity contribution in [2.45, 2.75) is 32.0 Å². The van der Waals surface area contributed by atoms with Gasteiger partial charge in [-0.05, 0) is 48.4 Å². The SMILES string of the molecule is CCCOc1ccc([C@H]2Oc3c(Cl)cc(Cl)cc3[C@@H]3CC(c4ccccc4)=NN23)cc1. The summed E-state index contributed by atoms with van der Waals surface area (Å²) in [4.78, 5) is 0. The third-order valence-electron chi connectivity index (χ3n) is 5.55. The summed E-state index contributed by atoms with van der Waals surface area (Å²) in [5, 5.41) is 8.11. The average Bonchev–Trinajstić information content (AvgIpc) is 3.24. The maximum Gasteiger partial charge on any atom is 0.213 e. The Hall–Kier alpha value is -2.69. The molecular weight excluding hydrogens is 431 g/mol. The standard InChI is InChI=1S/C25H22Cl2N2O2/c1-2-12-30-19-10-8-17(9-11-19)25-29-23(15-22(28-29)16-6-4-3-5-7-16)20-13-18(26)14-21(27)24(20)31-25/h3-11,13-14,23,25H,2,12,15H2,1H3/t23-,25+/m0/s1. The highest BCUT2D eigenvalue weighted by Crippen LogP contribution is 2.50. The fourth-order valence-electron chi connectivity index (χ4n) is 4.09. The fourth-order valence-corrected chi connectivity index (χ4v) is 4.64. The molecule has 2 aliphatic heterocycles. The molecule has 0 aromatic heterocycles. The van der Waals surface area contributed by atoms with Crippen molar-refractivity contribution in [1.29, 1.82) is 0 Å². The minimum Gasteiger partial charge on any atom is -0.494 e. The predicted octanol–water partition coefficient (Wildman–Crippen LogP) is 7.02. The van der Waals surface area contributed by atoms with Gasteiger partial charge in [-0.2, -0.15) is 5.10 Å². The first-order valence-electron chi connectivity index (χ1n) is 10.4. The van der Waals surface area contributed by atoms with E-state index >= 15 is 0 Å². The predicted molar refractivity (Wildman–Crippen MR) is 124 cm³/mol. The minimum atomic E-state index is -0.391. The lowest BCUT2D eigenvalue weighted by Gasteiger charge is -2.38. The Balaban J connectivity index is 1.55. The molecule has 4 nitrogen and oxygen atoms in total. The first-order chi connectivity index (χ1) is 15.1. The summed E-state index contributed by atoms with van der Waals surface area (Å²) in [5.74, 6) is 1.52. The molecule has 2 aliphatic rings. The summed E-state index contributed by atoms with van der Waals surface area (Å²) in [6.45, 7) is 2.79. The van der Waals surface area contributed by atoms with E-state index in [9.17, 15) is 0 Å². The number of ether oxygens (including phenoxy) is 2. The molecule has 3 aromatic carbocycles. The number of hydrazone groups is 1. The van der Waals surface area contributed by atoms with Gasteiger partial charge in [-0.25, -0.2) is 5.01 Å². The van der Waals surface area contributed by atoms with Crippen molar-refractivity contribution in [3.63, 3.8) is 0 Å². The number of halogens is 2. The van der Waals surface area contributed by atoms with Crippen LogP contribution in [0, 0.1) is 0 Å². The monoisotopic (exact) mass is 452 g/mol. The van der Waals surface area contributed by atoms with E-state index in [-0.39, 0.29) is 6.04 Å². The van der Waals surface area contributed by atoms with E-state index in [4.69, 9.17) is 37.8 Å². The highest BCUT2D eigenvalue weighted by atomic mass is 35.5. The molecule has 0 amide bonds. The Morgan fingerprint density at radius 2 is 1.84 bits per heavy atom. The zero-order valence-corrected chi connectivity index (χ0v) is 18.6. The van der Waals surface area contributed by atoms with Crippen molar-refractivity contribution < 1.29 is 9.47 Å². The molecular formula is C25H22Cl2N2O2. The van der Waals surface area contributed by atoms with E-state index in [1.807, 2.05) is 53.5 Å². The Labute approximate surface area is 192 Å². The van der Waals surface area contributed by atoms with Crippen molar-refractivity contribution in [2.75, 3.05) is 6.61 Å². The molecule has 6 heteroatoms. The van der Waals surface area contributed by atoms with Gasteiger partial charge >= 0.3 is 0 Å². The number of nitrogens with zero attached hydrogens (tertiary/aromatic N) is 2. The maximum absolute atomic E-state index is 6.54. The van der Waals surface area contributed by atoms with Crippen molar-refractivity contribution in [3.8, 4) is 11.5 Å². The second kappa shape index (κ2) is 8.45. The van der Waals surface area contributed by atoms with Crippen molar-refractivity contribution in [1.82, 2.24) is 5.01 Å². The summed E-state index contributed by atoms with van der Waals surface area (Å²) in [6.07, 6.45) is 1.33. The highest BCUT2D eigenvalue weighted by Gasteiger charge is 2.42. The molecule has 0 saturated carbocycles. The zero-order chi connectivity index (χ0) is 21.4. The van der Waals surface area contributed by atoms with E-state index < -0.39 is 6.23 Å². The molecule has 2 atom stereocenters. The van der Waals surface area contributed by atoms with Crippen molar-refractivity contribution >= 4 is 28.9 Å². The molecule has 2 heterocycles. The van der Waals surface area contributed by atoms with E-state index in [2.05, 4.69) is 19.1 Å². The van der Waals surface area contributed by atoms with E-state index in [1.54, 1.807) is 6.07 Å². The Bertz CT molecular complexity index is 1120. The Morgan fingerprint density at radius 3 is 2.58 bits per heavy atom. The molecule has 158 valence electrons. The van der Waals surface area contributed by atoms with Gasteiger partial charge in [0.1, 0.15) is 11.5 Å². The van der Waals surface area contributed by atoms with Crippen LogP contribution in [0.3, 0.4) is 0 Å². The Kier molecular flexibility index (Phi) is 5.51. The third-order valence-corrected chi connectivity index (χ3v) is 6.05. The van der Waals surface area contributed by atoms with Gasteiger partial charge in [-0.15, -0.1) is 0 Å². The molecule has 0 unspecified atom stereocenters. The second-order valence-corrected chi connectivity index (χ2v) is 8.55. The average molecular weight is 453 g/mol. The molecule has 0 radical (unpaired) electrons. The van der Waals surface area contributed by atoms with Crippen LogP contribution in [-0.2, 0) is 0 Å². The van der Waals surface area contributed by atoms with E-state index in [0.717, 1.165) is 41.0 Å². The van der Waals surface area contributed by atoms with Crippen LogP contribution in [0.4, 0.5) is 0 Å². The molecule has 5 rings (SSSR count). The molecule has 3 aromatic rings. The molecule has 31 heavy (non-hydrogen) atoms. The van der Waals surface area contributed by atoms with Crippen molar-refractivity contribution in [2.24, 2.45) is 5.10 Å². The summed E-state index contributed by atoms with van der Waals surface area (Å²) < 4.78 is 12.1. The van der Waals surface area contributed by atoms with Crippen LogP contribution >= 0.6 is 23.2 Å². The second-order valence-electron chi connectivity index (χ2n) is 7.71. The van der Waals surface area contributed by atoms with Crippen molar-refractivity contribution in [3.05, 3.63) is 93.5 Å². The smallest absolute Gasteiger partial charge is 0.213 e. The summed E-state index contributed by atoms with van der Waals surface area (Å²) in [7, 11) is 0. The van der Waals surface area contributed by atoms with Gasteiger partial charge < -0.3 is 9.47 Å². The van der Waals surface area contributed by atoms with Crippen LogP contribution in [-0.4, -0.2) is 17.3 Å². The van der Waals surface area contributed by atoms with Gasteiger partial charge in [-0.3, -0.25) is 0 Å².